The Morgan fingerprint density at radius 2 is 2.12 bits per heavy atom. The van der Waals surface area contributed by atoms with E-state index < -0.39 is 9.84 Å². The smallest absolute Gasteiger partial charge is 0.195 e. The van der Waals surface area contributed by atoms with Crippen LogP contribution in [-0.2, 0) is 9.84 Å². The van der Waals surface area contributed by atoms with Gasteiger partial charge in [-0.05, 0) is 34.5 Å². The van der Waals surface area contributed by atoms with Gasteiger partial charge in [-0.25, -0.2) is 13.4 Å². The molecule has 2 heterocycles. The number of halogens is 1. The second-order valence-corrected chi connectivity index (χ2v) is 6.78. The van der Waals surface area contributed by atoms with E-state index in [9.17, 15) is 8.42 Å². The summed E-state index contributed by atoms with van der Waals surface area (Å²) in [6.45, 7) is 3.52. The number of pyridine rings is 1. The molecule has 0 N–H and O–H groups in total. The molecule has 0 spiro atoms. The zero-order valence-electron chi connectivity index (χ0n) is 8.98. The van der Waals surface area contributed by atoms with Crippen molar-refractivity contribution in [2.45, 2.75) is 18.4 Å². The van der Waals surface area contributed by atoms with Crippen molar-refractivity contribution >= 4 is 31.6 Å². The van der Waals surface area contributed by atoms with Gasteiger partial charge in [0.1, 0.15) is 5.82 Å². The molecule has 6 heteroatoms. The Morgan fingerprint density at radius 3 is 2.62 bits per heavy atom. The highest BCUT2D eigenvalue weighted by atomic mass is 79.9. The Balaban J connectivity index is 2.43. The van der Waals surface area contributed by atoms with Crippen LogP contribution >= 0.6 is 15.9 Å². The average molecular weight is 305 g/mol. The Hall–Kier alpha value is -0.620. The predicted octanol–water partition coefficient (Wildman–Crippen LogP) is 1.85. The highest BCUT2D eigenvalue weighted by molar-refractivity contribution is 9.10. The third-order valence-electron chi connectivity index (χ3n) is 2.66. The van der Waals surface area contributed by atoms with Crippen LogP contribution in [0, 0.1) is 0 Å². The van der Waals surface area contributed by atoms with Crippen molar-refractivity contribution in [3.8, 4) is 0 Å². The largest absolute Gasteiger partial charge is 0.356 e. The maximum Gasteiger partial charge on any atom is 0.195 e. The van der Waals surface area contributed by atoms with Gasteiger partial charge in [-0.15, -0.1) is 0 Å². The van der Waals surface area contributed by atoms with Gasteiger partial charge in [0.25, 0.3) is 0 Å². The van der Waals surface area contributed by atoms with Crippen LogP contribution in [-0.4, -0.2) is 32.2 Å². The lowest BCUT2D eigenvalue weighted by atomic mass is 10.2. The van der Waals surface area contributed by atoms with Gasteiger partial charge < -0.3 is 4.90 Å². The van der Waals surface area contributed by atoms with Crippen LogP contribution in [0.1, 0.15) is 13.3 Å². The average Bonchev–Trinajstić information content (AvgIpc) is 2.18. The minimum absolute atomic E-state index is 0.0844. The molecule has 0 aliphatic carbocycles. The minimum atomic E-state index is -3.21. The summed E-state index contributed by atoms with van der Waals surface area (Å²) in [5.74, 6) is 0.821. The van der Waals surface area contributed by atoms with Crippen molar-refractivity contribution in [3.05, 3.63) is 16.6 Å². The fraction of sp³-hybridized carbons (Fsp3) is 0.500. The van der Waals surface area contributed by atoms with Gasteiger partial charge in [-0.2, -0.15) is 0 Å². The van der Waals surface area contributed by atoms with Gasteiger partial charge in [-0.3, -0.25) is 0 Å². The van der Waals surface area contributed by atoms with Gasteiger partial charge in [0.05, 0.1) is 10.2 Å². The maximum atomic E-state index is 11.7. The van der Waals surface area contributed by atoms with Crippen molar-refractivity contribution in [2.24, 2.45) is 0 Å². The molecule has 0 saturated carbocycles. The molecule has 1 aromatic rings. The number of hydrogen-bond acceptors (Lipinski definition) is 4. The first-order chi connectivity index (χ1) is 7.54. The Bertz CT molecular complexity index is 498. The van der Waals surface area contributed by atoms with Crippen molar-refractivity contribution in [1.82, 2.24) is 4.98 Å². The van der Waals surface area contributed by atoms with Crippen LogP contribution in [0.4, 0.5) is 5.82 Å². The molecule has 88 valence electrons. The van der Waals surface area contributed by atoms with E-state index in [-0.39, 0.29) is 10.8 Å². The number of anilines is 1. The Labute approximate surface area is 104 Å². The van der Waals surface area contributed by atoms with E-state index in [1.807, 2.05) is 0 Å². The molecular weight excluding hydrogens is 292 g/mol. The second-order valence-electron chi connectivity index (χ2n) is 3.70. The summed E-state index contributed by atoms with van der Waals surface area (Å²) < 4.78 is 24.2. The van der Waals surface area contributed by atoms with Gasteiger partial charge in [-0.1, -0.05) is 6.92 Å². The molecule has 2 rings (SSSR count). The second kappa shape index (κ2) is 4.33. The number of aromatic nitrogens is 1. The molecule has 1 aliphatic heterocycles. The van der Waals surface area contributed by atoms with Crippen LogP contribution in [0.5, 0.6) is 0 Å². The summed E-state index contributed by atoms with van der Waals surface area (Å²) in [6, 6.07) is 3.30. The highest BCUT2D eigenvalue weighted by Crippen LogP contribution is 2.28. The molecule has 4 nitrogen and oxygen atoms in total. The summed E-state index contributed by atoms with van der Waals surface area (Å²) in [5.41, 5.74) is 0. The van der Waals surface area contributed by atoms with Crippen LogP contribution < -0.4 is 4.90 Å². The molecule has 0 aromatic carbocycles. The maximum absolute atomic E-state index is 11.7. The summed E-state index contributed by atoms with van der Waals surface area (Å²) in [4.78, 5) is 6.30. The fourth-order valence-electron chi connectivity index (χ4n) is 1.48. The molecule has 1 aromatic heterocycles. The van der Waals surface area contributed by atoms with E-state index in [1.54, 1.807) is 19.1 Å². The number of nitrogens with zero attached hydrogens (tertiary/aromatic N) is 2. The van der Waals surface area contributed by atoms with Crippen LogP contribution in [0.2, 0.25) is 0 Å². The Morgan fingerprint density at radius 1 is 1.44 bits per heavy atom. The monoisotopic (exact) mass is 304 g/mol. The highest BCUT2D eigenvalue weighted by Gasteiger charge is 2.21. The summed E-state index contributed by atoms with van der Waals surface area (Å²) >= 11 is 3.40. The zero-order chi connectivity index (χ0) is 11.8. The van der Waals surface area contributed by atoms with Crippen LogP contribution in [0.15, 0.2) is 21.6 Å². The van der Waals surface area contributed by atoms with Gasteiger partial charge in [0.15, 0.2) is 14.9 Å². The van der Waals surface area contributed by atoms with E-state index in [0.29, 0.717) is 0 Å². The first-order valence-electron chi connectivity index (χ1n) is 5.19. The first-order valence-corrected chi connectivity index (χ1v) is 7.63. The molecule has 0 amide bonds. The minimum Gasteiger partial charge on any atom is -0.356 e. The van der Waals surface area contributed by atoms with E-state index in [0.717, 1.165) is 29.8 Å². The SMILES string of the molecule is CCS(=O)(=O)c1ccc(Br)c(N2CCC2)n1. The van der Waals surface area contributed by atoms with E-state index in [1.165, 1.54) is 0 Å². The summed E-state index contributed by atoms with van der Waals surface area (Å²) in [7, 11) is -3.21. The molecule has 16 heavy (non-hydrogen) atoms. The molecule has 0 radical (unpaired) electrons. The van der Waals surface area contributed by atoms with E-state index >= 15 is 0 Å². The van der Waals surface area contributed by atoms with Gasteiger partial charge >= 0.3 is 0 Å². The van der Waals surface area contributed by atoms with E-state index in [2.05, 4.69) is 25.8 Å². The number of rotatable bonds is 3. The van der Waals surface area contributed by atoms with Crippen molar-refractivity contribution < 1.29 is 8.42 Å². The zero-order valence-corrected chi connectivity index (χ0v) is 11.4. The fourth-order valence-corrected chi connectivity index (χ4v) is 2.75. The lowest BCUT2D eigenvalue weighted by Crippen LogP contribution is -2.38. The van der Waals surface area contributed by atoms with Gasteiger partial charge in [0, 0.05) is 13.1 Å². The molecule has 0 unspecified atom stereocenters. The third-order valence-corrected chi connectivity index (χ3v) is 4.90. The van der Waals surface area contributed by atoms with E-state index in [4.69, 9.17) is 0 Å². The van der Waals surface area contributed by atoms with Crippen molar-refractivity contribution in [3.63, 3.8) is 0 Å². The van der Waals surface area contributed by atoms with Crippen molar-refractivity contribution in [1.29, 1.82) is 0 Å². The quantitative estimate of drug-likeness (QED) is 0.855. The molecule has 0 bridgehead atoms. The molecule has 1 fully saturated rings. The molecular formula is C10H13BrN2O2S. The van der Waals surface area contributed by atoms with Gasteiger partial charge in [0.2, 0.25) is 0 Å². The number of hydrogen-bond donors (Lipinski definition) is 0. The van der Waals surface area contributed by atoms with Crippen LogP contribution in [0.25, 0.3) is 0 Å². The normalized spacial score (nSPS) is 16.0. The summed E-state index contributed by atoms with van der Waals surface area (Å²) in [6.07, 6.45) is 1.14. The topological polar surface area (TPSA) is 50.3 Å². The summed E-state index contributed by atoms with van der Waals surface area (Å²) in [5, 5.41) is 0.167. The predicted molar refractivity (Wildman–Crippen MR) is 66.5 cm³/mol. The third kappa shape index (κ3) is 2.08. The Kier molecular flexibility index (Phi) is 3.21. The van der Waals surface area contributed by atoms with Crippen LogP contribution in [0.3, 0.4) is 0 Å². The first kappa shape index (κ1) is 11.9. The lowest BCUT2D eigenvalue weighted by Gasteiger charge is -2.32. The number of sulfone groups is 1. The standard InChI is InChI=1S/C10H13BrN2O2S/c1-2-16(14,15)9-5-4-8(11)10(12-9)13-6-3-7-13/h4-5H,2-3,6-7H2,1H3. The molecule has 1 saturated heterocycles. The lowest BCUT2D eigenvalue weighted by molar-refractivity contribution is 0.587. The van der Waals surface area contributed by atoms with Crippen molar-refractivity contribution in [2.75, 3.05) is 23.7 Å². The molecule has 0 atom stereocenters. The molecule has 1 aliphatic rings.